The van der Waals surface area contributed by atoms with Crippen LogP contribution in [0.25, 0.3) is 5.65 Å². The lowest BCUT2D eigenvalue weighted by molar-refractivity contribution is 0.0621. The Labute approximate surface area is 173 Å². The smallest absolute Gasteiger partial charge is 0.272 e. The van der Waals surface area contributed by atoms with Crippen LogP contribution in [-0.2, 0) is 0 Å². The van der Waals surface area contributed by atoms with E-state index in [-0.39, 0.29) is 29.3 Å². The summed E-state index contributed by atoms with van der Waals surface area (Å²) in [6.45, 7) is 3.61. The van der Waals surface area contributed by atoms with E-state index in [1.54, 1.807) is 13.1 Å². The zero-order chi connectivity index (χ0) is 20.8. The van der Waals surface area contributed by atoms with Gasteiger partial charge in [-0.2, -0.15) is 0 Å². The highest BCUT2D eigenvalue weighted by molar-refractivity contribution is 6.00. The number of H-pyrrole nitrogens is 1. The van der Waals surface area contributed by atoms with Gasteiger partial charge in [0.1, 0.15) is 5.56 Å². The number of aromatic nitrogens is 3. The summed E-state index contributed by atoms with van der Waals surface area (Å²) >= 11 is 0. The summed E-state index contributed by atoms with van der Waals surface area (Å²) in [5.41, 5.74) is 2.17. The van der Waals surface area contributed by atoms with Crippen LogP contribution in [0.3, 0.4) is 0 Å². The minimum absolute atomic E-state index is 0.0472. The van der Waals surface area contributed by atoms with Gasteiger partial charge in [-0.15, -0.1) is 0 Å². The Bertz CT molecular complexity index is 1140. The quantitative estimate of drug-likeness (QED) is 0.586. The molecular formula is C22H25N5O3. The first-order valence-electron chi connectivity index (χ1n) is 10.4. The number of hydrogen-bond acceptors (Lipinski definition) is 5. The average molecular weight is 407 g/mol. The van der Waals surface area contributed by atoms with E-state index in [1.807, 2.05) is 23.1 Å². The predicted molar refractivity (Wildman–Crippen MR) is 112 cm³/mol. The molecule has 0 spiro atoms. The Morgan fingerprint density at radius 3 is 2.87 bits per heavy atom. The number of benzene rings is 1. The average Bonchev–Trinajstić information content (AvgIpc) is 3.28. The number of aliphatic hydroxyl groups is 1. The number of aromatic amines is 1. The number of rotatable bonds is 2. The molecule has 0 unspecified atom stereocenters. The van der Waals surface area contributed by atoms with Crippen molar-refractivity contribution in [1.29, 1.82) is 0 Å². The van der Waals surface area contributed by atoms with Crippen LogP contribution in [0.2, 0.25) is 0 Å². The highest BCUT2D eigenvalue weighted by Gasteiger charge is 2.48. The zero-order valence-corrected chi connectivity index (χ0v) is 16.8. The number of nitrogens with zero attached hydrogens (tertiary/aromatic N) is 3. The summed E-state index contributed by atoms with van der Waals surface area (Å²) in [6, 6.07) is 11.4. The van der Waals surface area contributed by atoms with Crippen molar-refractivity contribution in [3.05, 3.63) is 69.8 Å². The van der Waals surface area contributed by atoms with Crippen LogP contribution in [0.5, 0.6) is 0 Å². The molecule has 2 aromatic heterocycles. The number of carbonyl (C=O) groups is 1. The van der Waals surface area contributed by atoms with E-state index in [1.165, 1.54) is 10.6 Å². The number of aryl methyl sites for hydroxylation is 1. The molecule has 1 amide bonds. The van der Waals surface area contributed by atoms with Gasteiger partial charge in [0.05, 0.1) is 12.1 Å². The number of likely N-dealkylation sites (tertiary alicyclic amines) is 1. The van der Waals surface area contributed by atoms with Crippen molar-refractivity contribution in [3.63, 3.8) is 0 Å². The summed E-state index contributed by atoms with van der Waals surface area (Å²) in [4.78, 5) is 32.1. The maximum Gasteiger partial charge on any atom is 0.272 e. The first kappa shape index (κ1) is 19.0. The van der Waals surface area contributed by atoms with Crippen molar-refractivity contribution in [1.82, 2.24) is 24.8 Å². The van der Waals surface area contributed by atoms with E-state index in [9.17, 15) is 14.7 Å². The van der Waals surface area contributed by atoms with Gasteiger partial charge in [0.2, 0.25) is 0 Å². The molecule has 2 fully saturated rings. The second-order valence-corrected chi connectivity index (χ2v) is 8.26. The summed E-state index contributed by atoms with van der Waals surface area (Å²) < 4.78 is 1.29. The molecule has 3 N–H and O–H groups in total. The molecule has 4 atom stereocenters. The Morgan fingerprint density at radius 1 is 1.27 bits per heavy atom. The first-order valence-corrected chi connectivity index (χ1v) is 10.4. The lowest BCUT2D eigenvalue weighted by Crippen LogP contribution is -2.44. The molecule has 3 aromatic rings. The van der Waals surface area contributed by atoms with Gasteiger partial charge in [0.25, 0.3) is 11.5 Å². The third-order valence-electron chi connectivity index (χ3n) is 6.46. The Hall–Kier alpha value is -2.97. The minimum Gasteiger partial charge on any atom is -0.393 e. The van der Waals surface area contributed by atoms with Crippen molar-refractivity contribution in [2.75, 3.05) is 19.6 Å². The molecule has 2 saturated heterocycles. The fourth-order valence-corrected chi connectivity index (χ4v) is 5.08. The molecule has 0 bridgehead atoms. The summed E-state index contributed by atoms with van der Waals surface area (Å²) in [6.07, 6.45) is 1.73. The van der Waals surface area contributed by atoms with Gasteiger partial charge in [-0.3, -0.25) is 14.7 Å². The standard InChI is InChI=1S/C22H25N5O3/c1-13-9-19(29)27-21(25-13)15(10-24-27)22(30)26-12-16(14-5-3-2-4-6-14)20-17(26)11-23-8-7-18(20)28/h2-6,9-10,16-18,20,23-24,28H,7-8,11-12H2,1H3/t16-,17+,18+,20-/m0/s1. The van der Waals surface area contributed by atoms with E-state index in [0.29, 0.717) is 36.4 Å². The molecule has 30 heavy (non-hydrogen) atoms. The van der Waals surface area contributed by atoms with Gasteiger partial charge in [0, 0.05) is 42.9 Å². The predicted octanol–water partition coefficient (Wildman–Crippen LogP) is 0.910. The van der Waals surface area contributed by atoms with E-state index >= 15 is 0 Å². The third-order valence-corrected chi connectivity index (χ3v) is 6.46. The van der Waals surface area contributed by atoms with Gasteiger partial charge in [0.15, 0.2) is 5.65 Å². The van der Waals surface area contributed by atoms with Crippen molar-refractivity contribution in [3.8, 4) is 0 Å². The van der Waals surface area contributed by atoms with Gasteiger partial charge >= 0.3 is 0 Å². The maximum absolute atomic E-state index is 13.6. The van der Waals surface area contributed by atoms with E-state index in [2.05, 4.69) is 27.5 Å². The number of aliphatic hydroxyl groups excluding tert-OH is 1. The molecule has 0 saturated carbocycles. The number of fused-ring (bicyclic) bond motifs is 2. The lowest BCUT2D eigenvalue weighted by Gasteiger charge is -2.29. The maximum atomic E-state index is 13.6. The molecular weight excluding hydrogens is 382 g/mol. The topological polar surface area (TPSA) is 103 Å². The van der Waals surface area contributed by atoms with Crippen molar-refractivity contribution >= 4 is 11.6 Å². The van der Waals surface area contributed by atoms with Gasteiger partial charge in [-0.1, -0.05) is 30.3 Å². The Morgan fingerprint density at radius 2 is 2.07 bits per heavy atom. The molecule has 2 aliphatic rings. The largest absolute Gasteiger partial charge is 0.393 e. The van der Waals surface area contributed by atoms with Crippen LogP contribution < -0.4 is 10.9 Å². The molecule has 0 aliphatic carbocycles. The highest BCUT2D eigenvalue weighted by Crippen LogP contribution is 2.41. The van der Waals surface area contributed by atoms with Crippen molar-refractivity contribution in [2.45, 2.75) is 31.4 Å². The number of nitrogens with one attached hydrogen (secondary N) is 2. The monoisotopic (exact) mass is 407 g/mol. The molecule has 2 aliphatic heterocycles. The van der Waals surface area contributed by atoms with Gasteiger partial charge < -0.3 is 15.3 Å². The normalized spacial score (nSPS) is 26.5. The first-order chi connectivity index (χ1) is 14.5. The molecule has 0 radical (unpaired) electrons. The van der Waals surface area contributed by atoms with Crippen molar-refractivity contribution < 1.29 is 9.90 Å². The van der Waals surface area contributed by atoms with Gasteiger partial charge in [-0.05, 0) is 25.5 Å². The SMILES string of the molecule is Cc1cc(=O)n2[nH]cc(C(=O)N3C[C@@H](c4ccccc4)[C@@H]4[C@H](O)CCNC[C@H]43)c2n1. The van der Waals surface area contributed by atoms with Crippen LogP contribution >= 0.6 is 0 Å². The van der Waals surface area contributed by atoms with Gasteiger partial charge in [-0.25, -0.2) is 9.50 Å². The molecule has 5 rings (SSSR count). The number of carbonyl (C=O) groups excluding carboxylic acids is 1. The number of hydrogen-bond donors (Lipinski definition) is 3. The molecule has 8 heteroatoms. The van der Waals surface area contributed by atoms with Crippen LogP contribution in [0, 0.1) is 12.8 Å². The van der Waals surface area contributed by atoms with E-state index in [4.69, 9.17) is 0 Å². The summed E-state index contributed by atoms with van der Waals surface area (Å²) in [5, 5.41) is 17.2. The van der Waals surface area contributed by atoms with E-state index in [0.717, 1.165) is 12.1 Å². The molecule has 156 valence electrons. The van der Waals surface area contributed by atoms with Crippen LogP contribution in [-0.4, -0.2) is 62.3 Å². The molecule has 8 nitrogen and oxygen atoms in total. The Kier molecular flexibility index (Phi) is 4.67. The summed E-state index contributed by atoms with van der Waals surface area (Å²) in [5.74, 6) is -0.165. The highest BCUT2D eigenvalue weighted by atomic mass is 16.3. The van der Waals surface area contributed by atoms with Crippen LogP contribution in [0.4, 0.5) is 0 Å². The fraction of sp³-hybridized carbons (Fsp3) is 0.409. The van der Waals surface area contributed by atoms with E-state index < -0.39 is 6.10 Å². The zero-order valence-electron chi connectivity index (χ0n) is 16.8. The van der Waals surface area contributed by atoms with Crippen LogP contribution in [0.1, 0.15) is 34.0 Å². The summed E-state index contributed by atoms with van der Waals surface area (Å²) in [7, 11) is 0. The van der Waals surface area contributed by atoms with Crippen LogP contribution in [0.15, 0.2) is 47.4 Å². The second-order valence-electron chi connectivity index (χ2n) is 8.26. The molecule has 4 heterocycles. The number of amides is 1. The third kappa shape index (κ3) is 3.03. The lowest BCUT2D eigenvalue weighted by atomic mass is 9.81. The fourth-order valence-electron chi connectivity index (χ4n) is 5.08. The Balaban J connectivity index is 1.56. The van der Waals surface area contributed by atoms with Crippen molar-refractivity contribution in [2.24, 2.45) is 5.92 Å². The molecule has 1 aromatic carbocycles. The minimum atomic E-state index is -0.487. The second kappa shape index (κ2) is 7.37.